The van der Waals surface area contributed by atoms with Gasteiger partial charge in [0.1, 0.15) is 0 Å². The second-order valence-electron chi connectivity index (χ2n) is 4.21. The van der Waals surface area contributed by atoms with Gasteiger partial charge in [-0.3, -0.25) is 5.32 Å². The first-order chi connectivity index (χ1) is 10.1. The van der Waals surface area contributed by atoms with Crippen LogP contribution in [0.25, 0.3) is 0 Å². The smallest absolute Gasteiger partial charge is 0.338 e. The van der Waals surface area contributed by atoms with Crippen molar-refractivity contribution in [3.63, 3.8) is 0 Å². The highest BCUT2D eigenvalue weighted by Gasteiger charge is 2.08. The van der Waals surface area contributed by atoms with Crippen LogP contribution in [0.1, 0.15) is 23.0 Å². The molecule has 7 nitrogen and oxygen atoms in total. The third-order valence-corrected chi connectivity index (χ3v) is 2.52. The summed E-state index contributed by atoms with van der Waals surface area (Å²) in [6.07, 6.45) is 0. The Hall–Kier alpha value is -2.83. The number of benzene rings is 1. The zero-order valence-electron chi connectivity index (χ0n) is 11.7. The van der Waals surface area contributed by atoms with Crippen molar-refractivity contribution in [2.24, 2.45) is 0 Å². The predicted octanol–water partition coefficient (Wildman–Crippen LogP) is 2.80. The third kappa shape index (κ3) is 4.07. The summed E-state index contributed by atoms with van der Waals surface area (Å²) in [5, 5.41) is 8.76. The van der Waals surface area contributed by atoms with Crippen LogP contribution in [-0.4, -0.2) is 23.8 Å². The van der Waals surface area contributed by atoms with Gasteiger partial charge in [-0.15, -0.1) is 0 Å². The molecule has 2 rings (SSSR count). The summed E-state index contributed by atoms with van der Waals surface area (Å²) in [5.74, 6) is -0.140. The van der Waals surface area contributed by atoms with Crippen molar-refractivity contribution in [2.75, 3.05) is 17.2 Å². The molecule has 2 N–H and O–H groups in total. The fraction of sp³-hybridized carbons (Fsp3) is 0.214. The van der Waals surface area contributed by atoms with Crippen LogP contribution in [0, 0.1) is 6.92 Å². The van der Waals surface area contributed by atoms with Gasteiger partial charge in [0.05, 0.1) is 17.9 Å². The van der Waals surface area contributed by atoms with E-state index in [0.29, 0.717) is 23.6 Å². The molecule has 2 amide bonds. The Morgan fingerprint density at radius 1 is 1.24 bits per heavy atom. The van der Waals surface area contributed by atoms with Crippen molar-refractivity contribution in [2.45, 2.75) is 13.8 Å². The maximum atomic E-state index is 11.7. The Bertz CT molecular complexity index is 634. The van der Waals surface area contributed by atoms with E-state index in [1.807, 2.05) is 0 Å². The minimum atomic E-state index is -0.463. The number of aromatic nitrogens is 1. The largest absolute Gasteiger partial charge is 0.462 e. The number of hydrogen-bond acceptors (Lipinski definition) is 5. The Morgan fingerprint density at radius 2 is 1.95 bits per heavy atom. The molecule has 0 fully saturated rings. The number of amides is 2. The lowest BCUT2D eigenvalue weighted by atomic mass is 10.2. The molecular weight excluding hydrogens is 274 g/mol. The molecule has 110 valence electrons. The second-order valence-corrected chi connectivity index (χ2v) is 4.21. The van der Waals surface area contributed by atoms with Crippen LogP contribution in [0.2, 0.25) is 0 Å². The summed E-state index contributed by atoms with van der Waals surface area (Å²) >= 11 is 0. The molecule has 0 unspecified atom stereocenters. The van der Waals surface area contributed by atoms with Crippen LogP contribution in [0.3, 0.4) is 0 Å². The second kappa shape index (κ2) is 6.56. The van der Waals surface area contributed by atoms with Crippen molar-refractivity contribution in [1.29, 1.82) is 0 Å². The average molecular weight is 289 g/mol. The Morgan fingerprint density at radius 3 is 2.52 bits per heavy atom. The summed E-state index contributed by atoms with van der Waals surface area (Å²) < 4.78 is 9.74. The molecule has 0 bridgehead atoms. The molecule has 7 heteroatoms. The zero-order chi connectivity index (χ0) is 15.2. The fourth-order valence-electron chi connectivity index (χ4n) is 1.60. The maximum absolute atomic E-state index is 11.7. The number of nitrogens with one attached hydrogen (secondary N) is 2. The number of hydrogen-bond donors (Lipinski definition) is 2. The minimum absolute atomic E-state index is 0.258. The standard InChI is InChI=1S/C14H15N3O4/c1-3-20-13(18)10-4-6-11(7-5-10)15-14(19)16-12-8-9(2)17-21-12/h4-8H,3H2,1-2H3,(H2,15,16,19). The molecule has 0 radical (unpaired) electrons. The number of carbonyl (C=O) groups excluding carboxylic acids is 2. The molecule has 2 aromatic rings. The van der Waals surface area contributed by atoms with Gasteiger partial charge in [0.2, 0.25) is 5.88 Å². The Labute approximate surface area is 121 Å². The van der Waals surface area contributed by atoms with E-state index in [2.05, 4.69) is 15.8 Å². The Kier molecular flexibility index (Phi) is 4.55. The number of rotatable bonds is 4. The van der Waals surface area contributed by atoms with Crippen molar-refractivity contribution in [1.82, 2.24) is 5.16 Å². The van der Waals surface area contributed by atoms with Crippen LogP contribution >= 0.6 is 0 Å². The van der Waals surface area contributed by atoms with E-state index in [9.17, 15) is 9.59 Å². The van der Waals surface area contributed by atoms with Gasteiger partial charge in [0, 0.05) is 11.8 Å². The number of anilines is 2. The summed E-state index contributed by atoms with van der Waals surface area (Å²) in [4.78, 5) is 23.2. The number of carbonyl (C=O) groups is 2. The van der Waals surface area contributed by atoms with E-state index in [-0.39, 0.29) is 5.88 Å². The lowest BCUT2D eigenvalue weighted by Crippen LogP contribution is -2.19. The quantitative estimate of drug-likeness (QED) is 0.844. The molecule has 0 atom stereocenters. The van der Waals surface area contributed by atoms with Crippen LogP contribution in [-0.2, 0) is 4.74 Å². The van der Waals surface area contributed by atoms with Crippen molar-refractivity contribution in [3.05, 3.63) is 41.6 Å². The molecule has 1 aromatic carbocycles. The highest BCUT2D eigenvalue weighted by Crippen LogP contribution is 2.12. The third-order valence-electron chi connectivity index (χ3n) is 2.52. The van der Waals surface area contributed by atoms with Gasteiger partial charge in [-0.1, -0.05) is 5.16 Å². The Balaban J connectivity index is 1.93. The summed E-state index contributed by atoms with van der Waals surface area (Å²) in [5.41, 5.74) is 1.63. The van der Waals surface area contributed by atoms with Crippen molar-refractivity contribution < 1.29 is 18.8 Å². The van der Waals surface area contributed by atoms with E-state index in [4.69, 9.17) is 9.26 Å². The normalized spacial score (nSPS) is 10.0. The van der Waals surface area contributed by atoms with Crippen LogP contribution < -0.4 is 10.6 Å². The van der Waals surface area contributed by atoms with Gasteiger partial charge < -0.3 is 14.6 Å². The summed E-state index contributed by atoms with van der Waals surface area (Å²) in [6.45, 7) is 3.81. The van der Waals surface area contributed by atoms with E-state index in [1.54, 1.807) is 44.2 Å². The number of aryl methyl sites for hydroxylation is 1. The number of nitrogens with zero attached hydrogens (tertiary/aromatic N) is 1. The van der Waals surface area contributed by atoms with Crippen molar-refractivity contribution >= 4 is 23.6 Å². The van der Waals surface area contributed by atoms with Crippen LogP contribution in [0.5, 0.6) is 0 Å². The summed E-state index contributed by atoms with van der Waals surface area (Å²) in [7, 11) is 0. The molecule has 0 aliphatic rings. The van der Waals surface area contributed by atoms with Gasteiger partial charge in [0.25, 0.3) is 0 Å². The topological polar surface area (TPSA) is 93.5 Å². The molecule has 0 aliphatic heterocycles. The van der Waals surface area contributed by atoms with Gasteiger partial charge in [-0.25, -0.2) is 9.59 Å². The highest BCUT2D eigenvalue weighted by molar-refractivity contribution is 5.99. The van der Waals surface area contributed by atoms with Crippen molar-refractivity contribution in [3.8, 4) is 0 Å². The minimum Gasteiger partial charge on any atom is -0.462 e. The number of esters is 1. The monoisotopic (exact) mass is 289 g/mol. The van der Waals surface area contributed by atoms with Crippen LogP contribution in [0.4, 0.5) is 16.4 Å². The first-order valence-electron chi connectivity index (χ1n) is 6.37. The number of urea groups is 1. The first kappa shape index (κ1) is 14.6. The highest BCUT2D eigenvalue weighted by atomic mass is 16.5. The molecule has 1 aromatic heterocycles. The molecular formula is C14H15N3O4. The van der Waals surface area contributed by atoms with E-state index in [1.165, 1.54) is 0 Å². The zero-order valence-corrected chi connectivity index (χ0v) is 11.7. The van der Waals surface area contributed by atoms with E-state index < -0.39 is 12.0 Å². The van der Waals surface area contributed by atoms with Gasteiger partial charge >= 0.3 is 12.0 Å². The number of ether oxygens (including phenoxy) is 1. The van der Waals surface area contributed by atoms with E-state index >= 15 is 0 Å². The first-order valence-corrected chi connectivity index (χ1v) is 6.37. The average Bonchev–Trinajstić information content (AvgIpc) is 2.85. The molecule has 21 heavy (non-hydrogen) atoms. The van der Waals surface area contributed by atoms with Gasteiger partial charge in [-0.05, 0) is 38.1 Å². The van der Waals surface area contributed by atoms with E-state index in [0.717, 1.165) is 0 Å². The molecule has 0 saturated carbocycles. The molecule has 0 saturated heterocycles. The molecule has 0 aliphatic carbocycles. The lowest BCUT2D eigenvalue weighted by molar-refractivity contribution is 0.0526. The summed E-state index contributed by atoms with van der Waals surface area (Å²) in [6, 6.07) is 7.51. The van der Waals surface area contributed by atoms with Gasteiger partial charge in [0.15, 0.2) is 0 Å². The van der Waals surface area contributed by atoms with Crippen LogP contribution in [0.15, 0.2) is 34.9 Å². The van der Waals surface area contributed by atoms with Gasteiger partial charge in [-0.2, -0.15) is 0 Å². The predicted molar refractivity (Wildman–Crippen MR) is 76.3 cm³/mol. The lowest BCUT2D eigenvalue weighted by Gasteiger charge is -2.06. The maximum Gasteiger partial charge on any atom is 0.338 e. The molecule has 1 heterocycles. The fourth-order valence-corrected chi connectivity index (χ4v) is 1.60. The SMILES string of the molecule is CCOC(=O)c1ccc(NC(=O)Nc2cc(C)no2)cc1. The molecule has 0 spiro atoms.